The SMILES string of the molecule is CC1OCCC1Nc1ncc(F)cn1. The van der Waals surface area contributed by atoms with Gasteiger partial charge in [0.2, 0.25) is 5.95 Å². The van der Waals surface area contributed by atoms with Crippen molar-refractivity contribution in [3.8, 4) is 0 Å². The molecule has 0 radical (unpaired) electrons. The van der Waals surface area contributed by atoms with Gasteiger partial charge in [-0.25, -0.2) is 14.4 Å². The van der Waals surface area contributed by atoms with E-state index >= 15 is 0 Å². The topological polar surface area (TPSA) is 47.0 Å². The molecule has 2 rings (SSSR count). The average Bonchev–Trinajstić information content (AvgIpc) is 2.56. The Morgan fingerprint density at radius 2 is 2.21 bits per heavy atom. The highest BCUT2D eigenvalue weighted by molar-refractivity contribution is 5.25. The largest absolute Gasteiger partial charge is 0.376 e. The van der Waals surface area contributed by atoms with Crippen LogP contribution in [-0.2, 0) is 4.74 Å². The summed E-state index contributed by atoms with van der Waals surface area (Å²) in [7, 11) is 0. The summed E-state index contributed by atoms with van der Waals surface area (Å²) in [6, 6.07) is 0.223. The predicted octanol–water partition coefficient (Wildman–Crippen LogP) is 1.20. The molecule has 1 aliphatic heterocycles. The van der Waals surface area contributed by atoms with Crippen molar-refractivity contribution in [1.29, 1.82) is 0 Å². The first kappa shape index (κ1) is 9.33. The van der Waals surface area contributed by atoms with Crippen molar-refractivity contribution in [3.63, 3.8) is 0 Å². The molecule has 5 heteroatoms. The van der Waals surface area contributed by atoms with Crippen LogP contribution in [0.25, 0.3) is 0 Å². The van der Waals surface area contributed by atoms with Crippen molar-refractivity contribution in [3.05, 3.63) is 18.2 Å². The van der Waals surface area contributed by atoms with Crippen LogP contribution < -0.4 is 5.32 Å². The van der Waals surface area contributed by atoms with E-state index in [0.717, 1.165) is 25.4 Å². The molecule has 0 aliphatic carbocycles. The monoisotopic (exact) mass is 197 g/mol. The quantitative estimate of drug-likeness (QED) is 0.774. The molecule has 76 valence electrons. The van der Waals surface area contributed by atoms with Crippen molar-refractivity contribution in [2.75, 3.05) is 11.9 Å². The fourth-order valence-electron chi connectivity index (χ4n) is 1.47. The summed E-state index contributed by atoms with van der Waals surface area (Å²) in [4.78, 5) is 7.65. The normalized spacial score (nSPS) is 26.4. The van der Waals surface area contributed by atoms with Gasteiger partial charge in [0.15, 0.2) is 5.82 Å². The highest BCUT2D eigenvalue weighted by Gasteiger charge is 2.24. The lowest BCUT2D eigenvalue weighted by molar-refractivity contribution is 0.121. The van der Waals surface area contributed by atoms with Crippen molar-refractivity contribution >= 4 is 5.95 Å². The maximum absolute atomic E-state index is 12.5. The number of rotatable bonds is 2. The van der Waals surface area contributed by atoms with Gasteiger partial charge in [-0.2, -0.15) is 0 Å². The van der Waals surface area contributed by atoms with Crippen LogP contribution in [0.5, 0.6) is 0 Å². The van der Waals surface area contributed by atoms with E-state index in [4.69, 9.17) is 4.74 Å². The van der Waals surface area contributed by atoms with Crippen LogP contribution in [0.1, 0.15) is 13.3 Å². The third-order valence-electron chi connectivity index (χ3n) is 2.31. The molecule has 0 bridgehead atoms. The minimum atomic E-state index is -0.425. The third kappa shape index (κ3) is 1.98. The molecule has 0 spiro atoms. The summed E-state index contributed by atoms with van der Waals surface area (Å²) in [6.07, 6.45) is 3.39. The Hall–Kier alpha value is -1.23. The van der Waals surface area contributed by atoms with Crippen LogP contribution in [0.2, 0.25) is 0 Å². The van der Waals surface area contributed by atoms with E-state index in [2.05, 4.69) is 15.3 Å². The molecule has 4 nitrogen and oxygen atoms in total. The Morgan fingerprint density at radius 1 is 1.50 bits per heavy atom. The van der Waals surface area contributed by atoms with Crippen LogP contribution >= 0.6 is 0 Å². The van der Waals surface area contributed by atoms with Gasteiger partial charge in [0.25, 0.3) is 0 Å². The molecule has 1 saturated heterocycles. The van der Waals surface area contributed by atoms with Gasteiger partial charge in [0.1, 0.15) is 0 Å². The fourth-order valence-corrected chi connectivity index (χ4v) is 1.47. The van der Waals surface area contributed by atoms with Gasteiger partial charge >= 0.3 is 0 Å². The zero-order chi connectivity index (χ0) is 9.97. The average molecular weight is 197 g/mol. The highest BCUT2D eigenvalue weighted by Crippen LogP contribution is 2.16. The summed E-state index contributed by atoms with van der Waals surface area (Å²) in [5.41, 5.74) is 0. The van der Waals surface area contributed by atoms with Gasteiger partial charge in [-0.05, 0) is 13.3 Å². The van der Waals surface area contributed by atoms with Crippen molar-refractivity contribution in [1.82, 2.24) is 9.97 Å². The Kier molecular flexibility index (Phi) is 2.58. The molecular weight excluding hydrogens is 185 g/mol. The van der Waals surface area contributed by atoms with E-state index in [1.165, 1.54) is 0 Å². The van der Waals surface area contributed by atoms with Crippen LogP contribution in [0.4, 0.5) is 10.3 Å². The lowest BCUT2D eigenvalue weighted by Gasteiger charge is -2.15. The number of hydrogen-bond donors (Lipinski definition) is 1. The molecule has 1 aromatic rings. The van der Waals surface area contributed by atoms with E-state index in [1.807, 2.05) is 6.92 Å². The number of aromatic nitrogens is 2. The number of ether oxygens (including phenoxy) is 1. The van der Waals surface area contributed by atoms with E-state index < -0.39 is 5.82 Å². The summed E-state index contributed by atoms with van der Waals surface area (Å²) >= 11 is 0. The number of hydrogen-bond acceptors (Lipinski definition) is 4. The molecule has 0 aromatic carbocycles. The minimum absolute atomic E-state index is 0.156. The second-order valence-electron chi connectivity index (χ2n) is 3.34. The zero-order valence-corrected chi connectivity index (χ0v) is 7.90. The number of nitrogens with one attached hydrogen (secondary N) is 1. The molecule has 0 amide bonds. The van der Waals surface area contributed by atoms with Gasteiger partial charge in [-0.1, -0.05) is 0 Å². The minimum Gasteiger partial charge on any atom is -0.376 e. The van der Waals surface area contributed by atoms with Crippen LogP contribution in [0.15, 0.2) is 12.4 Å². The molecule has 14 heavy (non-hydrogen) atoms. The Bertz CT molecular complexity index is 303. The van der Waals surface area contributed by atoms with E-state index in [1.54, 1.807) is 0 Å². The molecule has 2 atom stereocenters. The van der Waals surface area contributed by atoms with Gasteiger partial charge in [0, 0.05) is 6.61 Å². The number of anilines is 1. The second-order valence-corrected chi connectivity index (χ2v) is 3.34. The van der Waals surface area contributed by atoms with Gasteiger partial charge < -0.3 is 10.1 Å². The molecule has 1 N–H and O–H groups in total. The Balaban J connectivity index is 2.00. The molecule has 0 saturated carbocycles. The molecular formula is C9H12FN3O. The summed E-state index contributed by atoms with van der Waals surface area (Å²) in [5.74, 6) is 0.0278. The molecule has 2 unspecified atom stereocenters. The fraction of sp³-hybridized carbons (Fsp3) is 0.556. The van der Waals surface area contributed by atoms with E-state index in [9.17, 15) is 4.39 Å². The van der Waals surface area contributed by atoms with Crippen molar-refractivity contribution in [2.24, 2.45) is 0 Å². The maximum Gasteiger partial charge on any atom is 0.223 e. The maximum atomic E-state index is 12.5. The Morgan fingerprint density at radius 3 is 2.79 bits per heavy atom. The van der Waals surface area contributed by atoms with Crippen molar-refractivity contribution in [2.45, 2.75) is 25.5 Å². The summed E-state index contributed by atoms with van der Waals surface area (Å²) in [5, 5.41) is 3.10. The molecule has 1 aliphatic rings. The molecule has 1 aromatic heterocycles. The van der Waals surface area contributed by atoms with Crippen LogP contribution in [-0.4, -0.2) is 28.7 Å². The standard InChI is InChI=1S/C9H12FN3O/c1-6-8(2-3-14-6)13-9-11-4-7(10)5-12-9/h4-6,8H,2-3H2,1H3,(H,11,12,13). The van der Waals surface area contributed by atoms with Crippen molar-refractivity contribution < 1.29 is 9.13 Å². The second kappa shape index (κ2) is 3.88. The zero-order valence-electron chi connectivity index (χ0n) is 7.90. The smallest absolute Gasteiger partial charge is 0.223 e. The first-order valence-corrected chi connectivity index (χ1v) is 4.61. The number of halogens is 1. The summed E-state index contributed by atoms with van der Waals surface area (Å²) < 4.78 is 17.9. The molecule has 2 heterocycles. The third-order valence-corrected chi connectivity index (χ3v) is 2.31. The molecule has 1 fully saturated rings. The predicted molar refractivity (Wildman–Crippen MR) is 49.4 cm³/mol. The van der Waals surface area contributed by atoms with Crippen LogP contribution in [0.3, 0.4) is 0 Å². The lowest BCUT2D eigenvalue weighted by Crippen LogP contribution is -2.27. The first-order chi connectivity index (χ1) is 6.75. The lowest BCUT2D eigenvalue weighted by atomic mass is 10.2. The number of nitrogens with zero attached hydrogens (tertiary/aromatic N) is 2. The van der Waals surface area contributed by atoms with Crippen LogP contribution in [0, 0.1) is 5.82 Å². The van der Waals surface area contributed by atoms with Gasteiger partial charge in [-0.15, -0.1) is 0 Å². The highest BCUT2D eigenvalue weighted by atomic mass is 19.1. The van der Waals surface area contributed by atoms with E-state index in [-0.39, 0.29) is 12.1 Å². The van der Waals surface area contributed by atoms with Gasteiger partial charge in [0.05, 0.1) is 24.5 Å². The van der Waals surface area contributed by atoms with E-state index in [0.29, 0.717) is 5.95 Å². The first-order valence-electron chi connectivity index (χ1n) is 4.61. The summed E-state index contributed by atoms with van der Waals surface area (Å²) in [6.45, 7) is 2.74. The van der Waals surface area contributed by atoms with Gasteiger partial charge in [-0.3, -0.25) is 0 Å². The Labute approximate surface area is 81.5 Å².